The molecule has 1 N–H and O–H groups in total. The van der Waals surface area contributed by atoms with E-state index in [1.54, 1.807) is 18.2 Å². The predicted octanol–water partition coefficient (Wildman–Crippen LogP) is 3.49. The van der Waals surface area contributed by atoms with E-state index in [9.17, 15) is 13.2 Å². The largest absolute Gasteiger partial charge is 0.411 e. The van der Waals surface area contributed by atoms with Crippen LogP contribution in [0.5, 0.6) is 0 Å². The maximum Gasteiger partial charge on any atom is 0.277 e. The van der Waals surface area contributed by atoms with Crippen molar-refractivity contribution in [2.75, 3.05) is 17.3 Å². The van der Waals surface area contributed by atoms with Gasteiger partial charge in [0.1, 0.15) is 0 Å². The van der Waals surface area contributed by atoms with Gasteiger partial charge < -0.3 is 9.73 Å². The summed E-state index contributed by atoms with van der Waals surface area (Å²) in [6, 6.07) is 12.2. The average molecular weight is 418 g/mol. The van der Waals surface area contributed by atoms with E-state index < -0.39 is 9.84 Å². The van der Waals surface area contributed by atoms with Gasteiger partial charge in [-0.1, -0.05) is 41.1 Å². The molecule has 7 nitrogen and oxygen atoms in total. The molecule has 0 spiro atoms. The second-order valence-corrected chi connectivity index (χ2v) is 9.27. The molecule has 0 aliphatic rings. The van der Waals surface area contributed by atoms with Gasteiger partial charge in [-0.05, 0) is 38.1 Å². The third kappa shape index (κ3) is 4.99. The smallest absolute Gasteiger partial charge is 0.277 e. The zero-order chi connectivity index (χ0) is 20.3. The summed E-state index contributed by atoms with van der Waals surface area (Å²) in [5, 5.41) is 10.9. The second kappa shape index (κ2) is 8.15. The quantitative estimate of drug-likeness (QED) is 0.613. The van der Waals surface area contributed by atoms with Crippen LogP contribution in [0.25, 0.3) is 11.5 Å². The molecule has 1 amide bonds. The normalized spacial score (nSPS) is 11.4. The Labute approximate surface area is 167 Å². The lowest BCUT2D eigenvalue weighted by atomic mass is 10.1. The lowest BCUT2D eigenvalue weighted by Gasteiger charge is -2.08. The molecule has 0 saturated heterocycles. The predicted molar refractivity (Wildman–Crippen MR) is 108 cm³/mol. The van der Waals surface area contributed by atoms with Gasteiger partial charge in [-0.3, -0.25) is 4.79 Å². The number of carbonyl (C=O) groups is 1. The molecule has 0 aliphatic heterocycles. The summed E-state index contributed by atoms with van der Waals surface area (Å²) >= 11 is 1.08. The van der Waals surface area contributed by atoms with E-state index in [1.165, 1.54) is 6.07 Å². The molecule has 2 aromatic carbocycles. The molecule has 0 fully saturated rings. The Bertz CT molecular complexity index is 1100. The van der Waals surface area contributed by atoms with Crippen LogP contribution >= 0.6 is 11.8 Å². The van der Waals surface area contributed by atoms with Crippen LogP contribution in [0.4, 0.5) is 5.69 Å². The molecule has 9 heteroatoms. The number of rotatable bonds is 6. The van der Waals surface area contributed by atoms with Crippen molar-refractivity contribution in [3.05, 3.63) is 53.6 Å². The molecule has 1 aromatic heterocycles. The minimum absolute atomic E-state index is 0.00652. The standard InChI is InChI=1S/C19H19N3O4S2/c1-12-8-13(2)10-14(9-12)18-21-22-19(26-18)27-11-17(23)20-15-6-4-5-7-16(15)28(3,24)25/h4-10H,11H2,1-3H3,(H,20,23). The lowest BCUT2D eigenvalue weighted by Crippen LogP contribution is -2.16. The topological polar surface area (TPSA) is 102 Å². The number of anilines is 1. The number of aryl methyl sites for hydroxylation is 2. The molecule has 0 aliphatic carbocycles. The van der Waals surface area contributed by atoms with Gasteiger partial charge in [0, 0.05) is 11.8 Å². The minimum atomic E-state index is -3.44. The number of carbonyl (C=O) groups excluding carboxylic acids is 1. The number of amides is 1. The van der Waals surface area contributed by atoms with Crippen molar-refractivity contribution < 1.29 is 17.6 Å². The molecule has 0 atom stereocenters. The monoisotopic (exact) mass is 417 g/mol. The molecule has 3 rings (SSSR count). The highest BCUT2D eigenvalue weighted by Crippen LogP contribution is 2.25. The van der Waals surface area contributed by atoms with Gasteiger partial charge in [-0.25, -0.2) is 8.42 Å². The van der Waals surface area contributed by atoms with Gasteiger partial charge in [0.15, 0.2) is 9.84 Å². The van der Waals surface area contributed by atoms with Crippen LogP contribution in [0.1, 0.15) is 11.1 Å². The lowest BCUT2D eigenvalue weighted by molar-refractivity contribution is -0.113. The first-order valence-corrected chi connectivity index (χ1v) is 11.2. The van der Waals surface area contributed by atoms with Crippen molar-refractivity contribution in [2.24, 2.45) is 0 Å². The molecule has 28 heavy (non-hydrogen) atoms. The van der Waals surface area contributed by atoms with Crippen molar-refractivity contribution in [3.63, 3.8) is 0 Å². The SMILES string of the molecule is Cc1cc(C)cc(-c2nnc(SCC(=O)Nc3ccccc3S(C)(=O)=O)o2)c1. The summed E-state index contributed by atoms with van der Waals surface area (Å²) in [6.45, 7) is 3.97. The molecular formula is C19H19N3O4S2. The molecule has 0 unspecified atom stereocenters. The van der Waals surface area contributed by atoms with Crippen molar-refractivity contribution in [1.29, 1.82) is 0 Å². The third-order valence-electron chi connectivity index (χ3n) is 3.76. The highest BCUT2D eigenvalue weighted by Gasteiger charge is 2.16. The Balaban J connectivity index is 1.66. The van der Waals surface area contributed by atoms with E-state index in [4.69, 9.17) is 4.42 Å². The number of nitrogens with one attached hydrogen (secondary N) is 1. The number of hydrogen-bond acceptors (Lipinski definition) is 7. The van der Waals surface area contributed by atoms with Crippen molar-refractivity contribution in [3.8, 4) is 11.5 Å². The fourth-order valence-corrected chi connectivity index (χ4v) is 4.10. The van der Waals surface area contributed by atoms with Crippen molar-refractivity contribution >= 4 is 33.2 Å². The minimum Gasteiger partial charge on any atom is -0.411 e. The Morgan fingerprint density at radius 2 is 1.79 bits per heavy atom. The first-order valence-electron chi connectivity index (χ1n) is 8.36. The van der Waals surface area contributed by atoms with Gasteiger partial charge >= 0.3 is 0 Å². The van der Waals surface area contributed by atoms with Crippen LogP contribution in [-0.2, 0) is 14.6 Å². The average Bonchev–Trinajstić information content (AvgIpc) is 3.08. The van der Waals surface area contributed by atoms with Gasteiger partial charge in [-0.2, -0.15) is 0 Å². The fraction of sp³-hybridized carbons (Fsp3) is 0.211. The number of sulfone groups is 1. The Kier molecular flexibility index (Phi) is 5.85. The molecule has 0 saturated carbocycles. The molecule has 0 bridgehead atoms. The van der Waals surface area contributed by atoms with Crippen LogP contribution in [0.3, 0.4) is 0 Å². The van der Waals surface area contributed by atoms with Crippen LogP contribution < -0.4 is 5.32 Å². The summed E-state index contributed by atoms with van der Waals surface area (Å²) < 4.78 is 29.2. The second-order valence-electron chi connectivity index (χ2n) is 6.35. The maximum absolute atomic E-state index is 12.2. The molecule has 3 aromatic rings. The Morgan fingerprint density at radius 1 is 1.11 bits per heavy atom. The van der Waals surface area contributed by atoms with Gasteiger partial charge in [0.2, 0.25) is 11.8 Å². The highest BCUT2D eigenvalue weighted by molar-refractivity contribution is 7.99. The first kappa shape index (κ1) is 20.1. The number of benzene rings is 2. The Hall–Kier alpha value is -2.65. The highest BCUT2D eigenvalue weighted by atomic mass is 32.2. The van der Waals surface area contributed by atoms with Crippen LogP contribution in [0.2, 0.25) is 0 Å². The number of thioether (sulfide) groups is 1. The summed E-state index contributed by atoms with van der Waals surface area (Å²) in [7, 11) is -3.44. The van der Waals surface area contributed by atoms with Crippen molar-refractivity contribution in [2.45, 2.75) is 24.0 Å². The van der Waals surface area contributed by atoms with Gasteiger partial charge in [-0.15, -0.1) is 10.2 Å². The summed E-state index contributed by atoms with van der Waals surface area (Å²) in [6.07, 6.45) is 1.10. The number of aromatic nitrogens is 2. The van der Waals surface area contributed by atoms with E-state index in [2.05, 4.69) is 15.5 Å². The summed E-state index contributed by atoms with van der Waals surface area (Å²) in [4.78, 5) is 12.3. The number of para-hydroxylation sites is 1. The maximum atomic E-state index is 12.2. The van der Waals surface area contributed by atoms with E-state index in [0.717, 1.165) is 34.7 Å². The van der Waals surface area contributed by atoms with E-state index >= 15 is 0 Å². The third-order valence-corrected chi connectivity index (χ3v) is 5.74. The summed E-state index contributed by atoms with van der Waals surface area (Å²) in [5.41, 5.74) is 3.25. The van der Waals surface area contributed by atoms with Crippen LogP contribution in [0.15, 0.2) is 57.0 Å². The van der Waals surface area contributed by atoms with Gasteiger partial charge in [0.05, 0.1) is 16.3 Å². The molecular weight excluding hydrogens is 398 g/mol. The van der Waals surface area contributed by atoms with Crippen molar-refractivity contribution in [1.82, 2.24) is 10.2 Å². The molecule has 1 heterocycles. The zero-order valence-electron chi connectivity index (χ0n) is 15.6. The summed E-state index contributed by atoms with van der Waals surface area (Å²) in [5.74, 6) is 0.0245. The Morgan fingerprint density at radius 3 is 2.46 bits per heavy atom. The first-order chi connectivity index (χ1) is 13.2. The number of nitrogens with zero attached hydrogens (tertiary/aromatic N) is 2. The molecule has 0 radical (unpaired) electrons. The fourth-order valence-electron chi connectivity index (χ4n) is 2.69. The van der Waals surface area contributed by atoms with E-state index in [0.29, 0.717) is 5.89 Å². The van der Waals surface area contributed by atoms with Crippen LogP contribution in [0, 0.1) is 13.8 Å². The van der Waals surface area contributed by atoms with E-state index in [1.807, 2.05) is 32.0 Å². The number of hydrogen-bond donors (Lipinski definition) is 1. The van der Waals surface area contributed by atoms with Crippen LogP contribution in [-0.4, -0.2) is 36.5 Å². The zero-order valence-corrected chi connectivity index (χ0v) is 17.2. The van der Waals surface area contributed by atoms with Gasteiger partial charge in [0.25, 0.3) is 5.22 Å². The van der Waals surface area contributed by atoms with E-state index in [-0.39, 0.29) is 27.5 Å². The molecule has 146 valence electrons.